The number of fused-ring (bicyclic) bond motifs is 1. The van der Waals surface area contributed by atoms with Crippen molar-refractivity contribution in [2.75, 3.05) is 26.1 Å². The first-order chi connectivity index (χ1) is 7.67. The number of nitrogens with one attached hydrogen (secondary N) is 1. The molecule has 2 atom stereocenters. The summed E-state index contributed by atoms with van der Waals surface area (Å²) in [5.41, 5.74) is 8.31. The van der Waals surface area contributed by atoms with E-state index in [0.717, 1.165) is 29.3 Å². The molecule has 1 heterocycles. The van der Waals surface area contributed by atoms with Crippen molar-refractivity contribution in [3.8, 4) is 11.5 Å². The molecule has 3 N–H and O–H groups in total. The second kappa shape index (κ2) is 4.22. The van der Waals surface area contributed by atoms with Crippen LogP contribution in [-0.2, 0) is 0 Å². The molecule has 0 spiro atoms. The molecule has 0 fully saturated rings. The van der Waals surface area contributed by atoms with Crippen LogP contribution in [0, 0.1) is 5.92 Å². The summed E-state index contributed by atoms with van der Waals surface area (Å²) in [5.74, 6) is 1.88. The number of anilines is 1. The molecule has 0 aliphatic carbocycles. The zero-order valence-corrected chi connectivity index (χ0v) is 9.91. The van der Waals surface area contributed by atoms with Crippen LogP contribution in [0.1, 0.15) is 18.5 Å². The smallest absolute Gasteiger partial charge is 0.162 e. The Hall–Kier alpha value is -1.42. The van der Waals surface area contributed by atoms with E-state index in [2.05, 4.69) is 12.2 Å². The number of ether oxygens (including phenoxy) is 2. The second-order valence-corrected chi connectivity index (χ2v) is 4.18. The van der Waals surface area contributed by atoms with E-state index >= 15 is 0 Å². The molecule has 4 heteroatoms. The van der Waals surface area contributed by atoms with Gasteiger partial charge in [0.05, 0.1) is 14.2 Å². The van der Waals surface area contributed by atoms with E-state index in [1.165, 1.54) is 0 Å². The van der Waals surface area contributed by atoms with Crippen molar-refractivity contribution in [2.24, 2.45) is 11.7 Å². The van der Waals surface area contributed by atoms with Gasteiger partial charge >= 0.3 is 0 Å². The van der Waals surface area contributed by atoms with E-state index in [4.69, 9.17) is 15.2 Å². The van der Waals surface area contributed by atoms with Crippen molar-refractivity contribution < 1.29 is 9.47 Å². The summed E-state index contributed by atoms with van der Waals surface area (Å²) in [5, 5.41) is 3.35. The average Bonchev–Trinajstić information content (AvgIpc) is 2.32. The van der Waals surface area contributed by atoms with Gasteiger partial charge in [-0.3, -0.25) is 0 Å². The van der Waals surface area contributed by atoms with Crippen LogP contribution >= 0.6 is 0 Å². The quantitative estimate of drug-likeness (QED) is 0.800. The van der Waals surface area contributed by atoms with E-state index in [9.17, 15) is 0 Å². The molecule has 2 unspecified atom stereocenters. The first-order valence-corrected chi connectivity index (χ1v) is 5.42. The highest BCUT2D eigenvalue weighted by molar-refractivity contribution is 5.63. The molecular weight excluding hydrogens is 204 g/mol. The summed E-state index contributed by atoms with van der Waals surface area (Å²) in [7, 11) is 3.27. The molecule has 4 nitrogen and oxygen atoms in total. The molecule has 0 saturated heterocycles. The zero-order valence-electron chi connectivity index (χ0n) is 9.91. The zero-order chi connectivity index (χ0) is 11.7. The number of benzene rings is 1. The summed E-state index contributed by atoms with van der Waals surface area (Å²) in [4.78, 5) is 0. The molecule has 1 aliphatic rings. The highest BCUT2D eigenvalue weighted by atomic mass is 16.5. The van der Waals surface area contributed by atoms with E-state index in [0.29, 0.717) is 5.92 Å². The molecule has 1 aliphatic heterocycles. The SMILES string of the molecule is COc1cc2c(cc1OC)C(N)C(C)CN2. The lowest BCUT2D eigenvalue weighted by Crippen LogP contribution is -2.30. The minimum Gasteiger partial charge on any atom is -0.493 e. The normalized spacial score (nSPS) is 23.2. The maximum atomic E-state index is 6.17. The number of rotatable bonds is 2. The van der Waals surface area contributed by atoms with Gasteiger partial charge in [-0.05, 0) is 17.5 Å². The summed E-state index contributed by atoms with van der Waals surface area (Å²) in [6, 6.07) is 3.96. The first kappa shape index (κ1) is 11.1. The van der Waals surface area contributed by atoms with Crippen molar-refractivity contribution in [3.05, 3.63) is 17.7 Å². The molecule has 2 rings (SSSR count). The van der Waals surface area contributed by atoms with Gasteiger partial charge in [0.25, 0.3) is 0 Å². The molecule has 1 aromatic carbocycles. The van der Waals surface area contributed by atoms with Gasteiger partial charge in [-0.1, -0.05) is 6.92 Å². The van der Waals surface area contributed by atoms with Crippen LogP contribution in [0.3, 0.4) is 0 Å². The van der Waals surface area contributed by atoms with Gasteiger partial charge in [0, 0.05) is 24.3 Å². The topological polar surface area (TPSA) is 56.5 Å². The van der Waals surface area contributed by atoms with Crippen LogP contribution in [-0.4, -0.2) is 20.8 Å². The van der Waals surface area contributed by atoms with Crippen LogP contribution in [0.2, 0.25) is 0 Å². The van der Waals surface area contributed by atoms with E-state index in [1.807, 2.05) is 12.1 Å². The second-order valence-electron chi connectivity index (χ2n) is 4.18. The Bertz CT molecular complexity index is 393. The average molecular weight is 222 g/mol. The number of methoxy groups -OCH3 is 2. The minimum absolute atomic E-state index is 0.0519. The van der Waals surface area contributed by atoms with Crippen LogP contribution < -0.4 is 20.5 Å². The lowest BCUT2D eigenvalue weighted by atomic mass is 9.90. The van der Waals surface area contributed by atoms with Gasteiger partial charge in [-0.25, -0.2) is 0 Å². The highest BCUT2D eigenvalue weighted by Gasteiger charge is 2.25. The first-order valence-electron chi connectivity index (χ1n) is 5.42. The molecule has 0 aromatic heterocycles. The van der Waals surface area contributed by atoms with Crippen molar-refractivity contribution in [3.63, 3.8) is 0 Å². The Morgan fingerprint density at radius 1 is 1.25 bits per heavy atom. The Morgan fingerprint density at radius 2 is 1.88 bits per heavy atom. The van der Waals surface area contributed by atoms with Crippen molar-refractivity contribution in [2.45, 2.75) is 13.0 Å². The van der Waals surface area contributed by atoms with E-state index in [-0.39, 0.29) is 6.04 Å². The maximum absolute atomic E-state index is 6.17. The third-order valence-corrected chi connectivity index (χ3v) is 3.14. The fourth-order valence-corrected chi connectivity index (χ4v) is 2.03. The number of hydrogen-bond acceptors (Lipinski definition) is 4. The Morgan fingerprint density at radius 3 is 2.50 bits per heavy atom. The minimum atomic E-state index is 0.0519. The number of nitrogens with two attached hydrogens (primary N) is 1. The Labute approximate surface area is 95.7 Å². The predicted octanol–water partition coefficient (Wildman–Crippen LogP) is 1.77. The molecular formula is C12H18N2O2. The van der Waals surface area contributed by atoms with Crippen LogP contribution in [0.5, 0.6) is 11.5 Å². The highest BCUT2D eigenvalue weighted by Crippen LogP contribution is 2.39. The van der Waals surface area contributed by atoms with E-state index < -0.39 is 0 Å². The van der Waals surface area contributed by atoms with Gasteiger partial charge in [0.2, 0.25) is 0 Å². The molecule has 16 heavy (non-hydrogen) atoms. The monoisotopic (exact) mass is 222 g/mol. The fraction of sp³-hybridized carbons (Fsp3) is 0.500. The maximum Gasteiger partial charge on any atom is 0.162 e. The Balaban J connectivity index is 2.48. The van der Waals surface area contributed by atoms with Crippen LogP contribution in [0.15, 0.2) is 12.1 Å². The molecule has 0 amide bonds. The standard InChI is InChI=1S/C12H18N2O2/c1-7-6-14-9-5-11(16-3)10(15-2)4-8(9)12(7)13/h4-5,7,12,14H,6,13H2,1-3H3. The van der Waals surface area contributed by atoms with Gasteiger partial charge < -0.3 is 20.5 Å². The lowest BCUT2D eigenvalue weighted by Gasteiger charge is -2.30. The van der Waals surface area contributed by atoms with Crippen LogP contribution in [0.25, 0.3) is 0 Å². The molecule has 0 bridgehead atoms. The summed E-state index contributed by atoms with van der Waals surface area (Å²) in [6.07, 6.45) is 0. The van der Waals surface area contributed by atoms with Crippen molar-refractivity contribution in [1.82, 2.24) is 0 Å². The number of hydrogen-bond donors (Lipinski definition) is 2. The van der Waals surface area contributed by atoms with Gasteiger partial charge in [0.15, 0.2) is 11.5 Å². The summed E-state index contributed by atoms with van der Waals surface area (Å²) in [6.45, 7) is 3.03. The summed E-state index contributed by atoms with van der Waals surface area (Å²) >= 11 is 0. The van der Waals surface area contributed by atoms with Crippen LogP contribution in [0.4, 0.5) is 5.69 Å². The van der Waals surface area contributed by atoms with Gasteiger partial charge in [0.1, 0.15) is 0 Å². The largest absolute Gasteiger partial charge is 0.493 e. The molecule has 88 valence electrons. The van der Waals surface area contributed by atoms with Gasteiger partial charge in [-0.15, -0.1) is 0 Å². The molecule has 1 aromatic rings. The molecule has 0 radical (unpaired) electrons. The Kier molecular flexibility index (Phi) is 2.92. The fourth-order valence-electron chi connectivity index (χ4n) is 2.03. The summed E-state index contributed by atoms with van der Waals surface area (Å²) < 4.78 is 10.5. The van der Waals surface area contributed by atoms with Crippen molar-refractivity contribution in [1.29, 1.82) is 0 Å². The van der Waals surface area contributed by atoms with E-state index in [1.54, 1.807) is 14.2 Å². The molecule has 0 saturated carbocycles. The van der Waals surface area contributed by atoms with Crippen molar-refractivity contribution >= 4 is 5.69 Å². The third kappa shape index (κ3) is 1.69. The van der Waals surface area contributed by atoms with Gasteiger partial charge in [-0.2, -0.15) is 0 Å². The lowest BCUT2D eigenvalue weighted by molar-refractivity contribution is 0.353. The predicted molar refractivity (Wildman–Crippen MR) is 64.1 cm³/mol. The third-order valence-electron chi connectivity index (χ3n) is 3.14.